The van der Waals surface area contributed by atoms with Crippen LogP contribution >= 0.6 is 23.4 Å². The Hall–Kier alpha value is -3.68. The molecule has 0 bridgehead atoms. The van der Waals surface area contributed by atoms with Crippen molar-refractivity contribution in [3.05, 3.63) is 106 Å². The number of hydrazone groups is 1. The number of nitrogens with zero attached hydrogens (tertiary/aromatic N) is 3. The van der Waals surface area contributed by atoms with Gasteiger partial charge in [-0.05, 0) is 54.1 Å². The highest BCUT2D eigenvalue weighted by molar-refractivity contribution is 8.27. The van der Waals surface area contributed by atoms with Crippen LogP contribution in [0.4, 0.5) is 0 Å². The van der Waals surface area contributed by atoms with E-state index >= 15 is 0 Å². The zero-order valence-corrected chi connectivity index (χ0v) is 19.7. The highest BCUT2D eigenvalue weighted by Gasteiger charge is 2.36. The lowest BCUT2D eigenvalue weighted by Crippen LogP contribution is -2.35. The van der Waals surface area contributed by atoms with Crippen molar-refractivity contribution in [1.29, 1.82) is 5.41 Å². The second-order valence-corrected chi connectivity index (χ2v) is 9.12. The SMILES string of the molecule is Cc1cccc(C2=NN3C(=N)C(=Cc4ccc(OCc5ccccc5)c(Cl)c4)C(=O)N=C3S2)c1. The largest absolute Gasteiger partial charge is 0.487 e. The van der Waals surface area contributed by atoms with Crippen LogP contribution in [0.2, 0.25) is 5.02 Å². The first-order valence-electron chi connectivity index (χ1n) is 10.5. The first-order valence-corrected chi connectivity index (χ1v) is 11.7. The van der Waals surface area contributed by atoms with Crippen molar-refractivity contribution < 1.29 is 9.53 Å². The molecule has 2 aliphatic heterocycles. The van der Waals surface area contributed by atoms with E-state index < -0.39 is 5.91 Å². The minimum Gasteiger partial charge on any atom is -0.487 e. The van der Waals surface area contributed by atoms with Gasteiger partial charge in [0.15, 0.2) is 5.84 Å². The summed E-state index contributed by atoms with van der Waals surface area (Å²) in [4.78, 5) is 16.9. The highest BCUT2D eigenvalue weighted by atomic mass is 35.5. The van der Waals surface area contributed by atoms with Crippen LogP contribution in [0.1, 0.15) is 22.3 Å². The molecule has 0 unspecified atom stereocenters. The molecule has 0 spiro atoms. The van der Waals surface area contributed by atoms with Gasteiger partial charge in [-0.1, -0.05) is 71.8 Å². The fourth-order valence-electron chi connectivity index (χ4n) is 3.51. The van der Waals surface area contributed by atoms with Gasteiger partial charge in [-0.25, -0.2) is 0 Å². The van der Waals surface area contributed by atoms with Crippen LogP contribution in [0.25, 0.3) is 6.08 Å². The van der Waals surface area contributed by atoms with E-state index in [2.05, 4.69) is 10.1 Å². The minimum atomic E-state index is -0.482. The monoisotopic (exact) mass is 486 g/mol. The van der Waals surface area contributed by atoms with Gasteiger partial charge in [-0.3, -0.25) is 10.2 Å². The maximum atomic E-state index is 12.7. The number of amidine groups is 2. The summed E-state index contributed by atoms with van der Waals surface area (Å²) in [5.41, 5.74) is 3.87. The molecule has 0 atom stereocenters. The lowest BCUT2D eigenvalue weighted by Gasteiger charge is -2.20. The van der Waals surface area contributed by atoms with Crippen LogP contribution in [-0.2, 0) is 11.4 Å². The van der Waals surface area contributed by atoms with Crippen LogP contribution in [0, 0.1) is 12.3 Å². The van der Waals surface area contributed by atoms with Crippen molar-refractivity contribution in [2.24, 2.45) is 10.1 Å². The van der Waals surface area contributed by atoms with E-state index in [4.69, 9.17) is 21.7 Å². The normalized spacial score (nSPS) is 16.4. The number of thioether (sulfide) groups is 1. The predicted molar refractivity (Wildman–Crippen MR) is 138 cm³/mol. The third-order valence-corrected chi connectivity index (χ3v) is 6.48. The number of hydrogen-bond donors (Lipinski definition) is 1. The van der Waals surface area contributed by atoms with E-state index in [1.165, 1.54) is 16.8 Å². The molecule has 168 valence electrons. The average molecular weight is 487 g/mol. The quantitative estimate of drug-likeness (QED) is 0.456. The van der Waals surface area contributed by atoms with Gasteiger partial charge in [-0.15, -0.1) is 0 Å². The molecule has 2 aliphatic rings. The maximum Gasteiger partial charge on any atom is 0.283 e. The summed E-state index contributed by atoms with van der Waals surface area (Å²) in [7, 11) is 0. The van der Waals surface area contributed by atoms with Gasteiger partial charge in [0, 0.05) is 5.56 Å². The van der Waals surface area contributed by atoms with E-state index in [0.717, 1.165) is 16.7 Å². The molecule has 0 saturated heterocycles. The van der Waals surface area contributed by atoms with Crippen molar-refractivity contribution >= 4 is 51.4 Å². The zero-order valence-electron chi connectivity index (χ0n) is 18.2. The molecule has 8 heteroatoms. The Morgan fingerprint density at radius 2 is 1.91 bits per heavy atom. The molecule has 0 saturated carbocycles. The van der Waals surface area contributed by atoms with Gasteiger partial charge in [0.05, 0.1) is 10.6 Å². The van der Waals surface area contributed by atoms with Crippen LogP contribution in [0.15, 0.2) is 88.5 Å². The smallest absolute Gasteiger partial charge is 0.283 e. The second kappa shape index (κ2) is 9.29. The number of benzene rings is 3. The number of halogens is 1. The van der Waals surface area contributed by atoms with Crippen molar-refractivity contribution in [1.82, 2.24) is 5.01 Å². The van der Waals surface area contributed by atoms with Crippen molar-refractivity contribution in [3.8, 4) is 5.75 Å². The Morgan fingerprint density at radius 3 is 2.68 bits per heavy atom. The standard InChI is InChI=1S/C26H19ClN4O2S/c1-16-6-5-9-19(12-16)25-30-31-23(28)20(24(32)29-26(31)34-25)13-18-10-11-22(21(27)14-18)33-15-17-7-3-2-4-8-17/h2-14,28H,15H2,1H3. The second-order valence-electron chi connectivity index (χ2n) is 7.76. The Labute approximate surface area is 206 Å². The Morgan fingerprint density at radius 1 is 1.09 bits per heavy atom. The number of rotatable bonds is 5. The van der Waals surface area contributed by atoms with Gasteiger partial charge in [-0.2, -0.15) is 15.1 Å². The number of nitrogens with one attached hydrogen (secondary N) is 1. The Bertz CT molecular complexity index is 1400. The molecule has 0 aliphatic carbocycles. The summed E-state index contributed by atoms with van der Waals surface area (Å²) in [6.07, 6.45) is 1.60. The lowest BCUT2D eigenvalue weighted by atomic mass is 10.1. The molecule has 0 aromatic heterocycles. The predicted octanol–water partition coefficient (Wildman–Crippen LogP) is 5.89. The van der Waals surface area contributed by atoms with Gasteiger partial charge in [0.1, 0.15) is 17.4 Å². The van der Waals surface area contributed by atoms with E-state index in [-0.39, 0.29) is 11.4 Å². The van der Waals surface area contributed by atoms with Crippen LogP contribution < -0.4 is 4.74 Å². The molecule has 1 N–H and O–H groups in total. The molecule has 5 rings (SSSR count). The highest BCUT2D eigenvalue weighted by Crippen LogP contribution is 2.32. The molecule has 0 fully saturated rings. The Kier molecular flexibility index (Phi) is 6.04. The zero-order chi connectivity index (χ0) is 23.7. The summed E-state index contributed by atoms with van der Waals surface area (Å²) in [6.45, 7) is 2.40. The Balaban J connectivity index is 1.36. The summed E-state index contributed by atoms with van der Waals surface area (Å²) in [6, 6.07) is 23.0. The van der Waals surface area contributed by atoms with Crippen molar-refractivity contribution in [2.45, 2.75) is 13.5 Å². The third-order valence-electron chi connectivity index (χ3n) is 5.22. The first kappa shape index (κ1) is 22.1. The molecule has 34 heavy (non-hydrogen) atoms. The number of aliphatic imine (C=N–C) groups is 1. The van der Waals surface area contributed by atoms with Crippen LogP contribution in [0.5, 0.6) is 5.75 Å². The lowest BCUT2D eigenvalue weighted by molar-refractivity contribution is -0.114. The van der Waals surface area contributed by atoms with Gasteiger partial charge < -0.3 is 4.74 Å². The topological polar surface area (TPSA) is 78.1 Å². The summed E-state index contributed by atoms with van der Waals surface area (Å²) < 4.78 is 5.82. The average Bonchev–Trinajstić information content (AvgIpc) is 3.26. The summed E-state index contributed by atoms with van der Waals surface area (Å²) in [5, 5.41) is 16.0. The maximum absolute atomic E-state index is 12.7. The number of aryl methyl sites for hydroxylation is 1. The van der Waals surface area contributed by atoms with E-state index in [0.29, 0.717) is 33.2 Å². The van der Waals surface area contributed by atoms with Gasteiger partial charge >= 0.3 is 0 Å². The van der Waals surface area contributed by atoms with Crippen molar-refractivity contribution in [3.63, 3.8) is 0 Å². The fourth-order valence-corrected chi connectivity index (χ4v) is 4.64. The van der Waals surface area contributed by atoms with Gasteiger partial charge in [0.25, 0.3) is 5.91 Å². The summed E-state index contributed by atoms with van der Waals surface area (Å²) >= 11 is 7.70. The number of carbonyl (C=O) groups excluding carboxylic acids is 1. The number of ether oxygens (including phenoxy) is 1. The van der Waals surface area contributed by atoms with Crippen molar-refractivity contribution in [2.75, 3.05) is 0 Å². The van der Waals surface area contributed by atoms with E-state index in [9.17, 15) is 4.79 Å². The summed E-state index contributed by atoms with van der Waals surface area (Å²) in [5.74, 6) is 0.0389. The fraction of sp³-hybridized carbons (Fsp3) is 0.0769. The molecule has 3 aromatic carbocycles. The molecule has 1 amide bonds. The van der Waals surface area contributed by atoms with Crippen LogP contribution in [-0.4, -0.2) is 27.0 Å². The number of carbonyl (C=O) groups is 1. The molecule has 6 nitrogen and oxygen atoms in total. The van der Waals surface area contributed by atoms with Gasteiger partial charge in [0.2, 0.25) is 5.17 Å². The number of hydrogen-bond acceptors (Lipinski definition) is 5. The molecule has 0 radical (unpaired) electrons. The number of fused-ring (bicyclic) bond motifs is 1. The molecular formula is C26H19ClN4O2S. The van der Waals surface area contributed by atoms with Crippen LogP contribution in [0.3, 0.4) is 0 Å². The van der Waals surface area contributed by atoms with E-state index in [1.54, 1.807) is 24.3 Å². The minimum absolute atomic E-state index is 0.0225. The third kappa shape index (κ3) is 4.53. The molecule has 2 heterocycles. The molecule has 3 aromatic rings. The number of amides is 1. The molecular weight excluding hydrogens is 468 g/mol. The first-order chi connectivity index (χ1) is 16.5. The van der Waals surface area contributed by atoms with E-state index in [1.807, 2.05) is 61.5 Å².